The molecule has 0 spiro atoms. The van der Waals surface area contributed by atoms with E-state index in [0.29, 0.717) is 5.16 Å². The number of rotatable bonds is 3. The fraction of sp³-hybridized carbons (Fsp3) is 0.700. The summed E-state index contributed by atoms with van der Waals surface area (Å²) in [6, 6.07) is 0. The van der Waals surface area contributed by atoms with Crippen molar-refractivity contribution in [2.75, 3.05) is 0 Å². The number of hydrogen-bond donors (Lipinski definition) is 1. The molecule has 0 aromatic carbocycles. The van der Waals surface area contributed by atoms with Crippen molar-refractivity contribution in [2.45, 2.75) is 42.0 Å². The molecule has 2 rings (SSSR count). The second kappa shape index (κ2) is 4.45. The van der Waals surface area contributed by atoms with Crippen LogP contribution in [0.15, 0.2) is 11.5 Å². The fourth-order valence-electron chi connectivity index (χ4n) is 2.02. The van der Waals surface area contributed by atoms with E-state index in [2.05, 4.69) is 10.2 Å². The van der Waals surface area contributed by atoms with E-state index < -0.39 is 10.7 Å². The average molecular weight is 241 g/mol. The summed E-state index contributed by atoms with van der Waals surface area (Å²) in [6.07, 6.45) is 6.14. The number of aromatic nitrogens is 3. The zero-order valence-electron chi connectivity index (χ0n) is 9.22. The summed E-state index contributed by atoms with van der Waals surface area (Å²) in [6.45, 7) is 0. The minimum absolute atomic E-state index is 0.685. The van der Waals surface area contributed by atoms with E-state index in [4.69, 9.17) is 0 Å². The summed E-state index contributed by atoms with van der Waals surface area (Å²) in [5.74, 6) is -0.722. The molecule has 0 saturated heterocycles. The van der Waals surface area contributed by atoms with Crippen LogP contribution in [-0.4, -0.2) is 30.6 Å². The normalized spacial score (nSPS) is 19.6. The van der Waals surface area contributed by atoms with Gasteiger partial charge in [0.1, 0.15) is 11.1 Å². The first-order valence-electron chi connectivity index (χ1n) is 5.40. The maximum absolute atomic E-state index is 11.4. The predicted octanol–water partition coefficient (Wildman–Crippen LogP) is 1.69. The van der Waals surface area contributed by atoms with Gasteiger partial charge in [0.15, 0.2) is 5.16 Å². The van der Waals surface area contributed by atoms with Crippen LogP contribution in [-0.2, 0) is 11.8 Å². The SMILES string of the molecule is Cn1cnnc1SC1(C(=O)O)CCCCC1. The van der Waals surface area contributed by atoms with Crippen LogP contribution in [0.5, 0.6) is 0 Å². The lowest BCUT2D eigenvalue weighted by Gasteiger charge is -2.31. The molecule has 1 aromatic heterocycles. The van der Waals surface area contributed by atoms with Gasteiger partial charge in [0, 0.05) is 7.05 Å². The molecule has 1 aliphatic rings. The lowest BCUT2D eigenvalue weighted by atomic mass is 9.88. The van der Waals surface area contributed by atoms with Crippen molar-refractivity contribution in [3.05, 3.63) is 6.33 Å². The summed E-state index contributed by atoms with van der Waals surface area (Å²) in [7, 11) is 1.83. The lowest BCUT2D eigenvalue weighted by molar-refractivity contribution is -0.140. The minimum atomic E-state index is -0.722. The Hall–Kier alpha value is -1.04. The Balaban J connectivity index is 2.20. The molecule has 5 nitrogen and oxygen atoms in total. The molecule has 1 aliphatic carbocycles. The average Bonchev–Trinajstić information content (AvgIpc) is 2.65. The van der Waals surface area contributed by atoms with Crippen LogP contribution in [0.2, 0.25) is 0 Å². The zero-order chi connectivity index (χ0) is 11.6. The number of nitrogens with zero attached hydrogens (tertiary/aromatic N) is 3. The highest BCUT2D eigenvalue weighted by atomic mass is 32.2. The zero-order valence-corrected chi connectivity index (χ0v) is 10.0. The van der Waals surface area contributed by atoms with Gasteiger partial charge in [-0.1, -0.05) is 31.0 Å². The van der Waals surface area contributed by atoms with Gasteiger partial charge in [0.2, 0.25) is 0 Å². The molecule has 1 fully saturated rings. The Labute approximate surface area is 98.3 Å². The molecule has 0 aliphatic heterocycles. The number of carboxylic acids is 1. The first-order chi connectivity index (χ1) is 7.64. The standard InChI is InChI=1S/C10H15N3O2S/c1-13-7-11-12-9(13)16-10(8(14)15)5-3-2-4-6-10/h7H,2-6H2,1H3,(H,14,15). The highest BCUT2D eigenvalue weighted by Gasteiger charge is 2.41. The summed E-state index contributed by atoms with van der Waals surface area (Å²) >= 11 is 1.34. The molecule has 88 valence electrons. The van der Waals surface area contributed by atoms with Crippen molar-refractivity contribution in [3.8, 4) is 0 Å². The number of carboxylic acid groups (broad SMARTS) is 1. The van der Waals surface area contributed by atoms with E-state index in [1.807, 2.05) is 7.05 Å². The van der Waals surface area contributed by atoms with Crippen molar-refractivity contribution >= 4 is 17.7 Å². The van der Waals surface area contributed by atoms with Crippen LogP contribution in [0, 0.1) is 0 Å². The van der Waals surface area contributed by atoms with Crippen LogP contribution >= 0.6 is 11.8 Å². The minimum Gasteiger partial charge on any atom is -0.480 e. The van der Waals surface area contributed by atoms with Gasteiger partial charge >= 0.3 is 5.97 Å². The monoisotopic (exact) mass is 241 g/mol. The smallest absolute Gasteiger partial charge is 0.320 e. The fourth-order valence-corrected chi connectivity index (χ4v) is 3.23. The van der Waals surface area contributed by atoms with Gasteiger partial charge in [-0.15, -0.1) is 10.2 Å². The first kappa shape index (κ1) is 11.4. The van der Waals surface area contributed by atoms with Crippen molar-refractivity contribution < 1.29 is 9.90 Å². The Bertz CT molecular complexity index is 385. The summed E-state index contributed by atoms with van der Waals surface area (Å²) in [4.78, 5) is 11.4. The molecule has 0 unspecified atom stereocenters. The Morgan fingerprint density at radius 2 is 2.19 bits per heavy atom. The van der Waals surface area contributed by atoms with Crippen molar-refractivity contribution in [2.24, 2.45) is 7.05 Å². The van der Waals surface area contributed by atoms with E-state index in [9.17, 15) is 9.90 Å². The summed E-state index contributed by atoms with van der Waals surface area (Å²) in [5.41, 5.74) is 0. The van der Waals surface area contributed by atoms with Crippen LogP contribution in [0.4, 0.5) is 0 Å². The lowest BCUT2D eigenvalue weighted by Crippen LogP contribution is -2.37. The first-order valence-corrected chi connectivity index (χ1v) is 6.22. The van der Waals surface area contributed by atoms with Crippen molar-refractivity contribution in [1.82, 2.24) is 14.8 Å². The third kappa shape index (κ3) is 2.07. The molecule has 0 amide bonds. The molecule has 1 heterocycles. The Morgan fingerprint density at radius 1 is 1.50 bits per heavy atom. The van der Waals surface area contributed by atoms with E-state index in [-0.39, 0.29) is 0 Å². The molecular formula is C10H15N3O2S. The third-order valence-corrected chi connectivity index (χ3v) is 4.53. The molecular weight excluding hydrogens is 226 g/mol. The van der Waals surface area contributed by atoms with Crippen LogP contribution in [0.3, 0.4) is 0 Å². The molecule has 1 aromatic rings. The molecule has 0 bridgehead atoms. The Kier molecular flexibility index (Phi) is 3.18. The number of hydrogen-bond acceptors (Lipinski definition) is 4. The summed E-state index contributed by atoms with van der Waals surface area (Å²) in [5, 5.41) is 17.8. The van der Waals surface area contributed by atoms with Gasteiger partial charge in [0.25, 0.3) is 0 Å². The van der Waals surface area contributed by atoms with Gasteiger partial charge in [-0.3, -0.25) is 4.79 Å². The largest absolute Gasteiger partial charge is 0.480 e. The topological polar surface area (TPSA) is 68.0 Å². The van der Waals surface area contributed by atoms with Gasteiger partial charge < -0.3 is 9.67 Å². The highest BCUT2D eigenvalue weighted by Crippen LogP contribution is 2.43. The van der Waals surface area contributed by atoms with E-state index >= 15 is 0 Å². The quantitative estimate of drug-likeness (QED) is 0.872. The molecule has 1 saturated carbocycles. The third-order valence-electron chi connectivity index (χ3n) is 3.01. The van der Waals surface area contributed by atoms with E-state index in [0.717, 1.165) is 32.1 Å². The molecule has 6 heteroatoms. The van der Waals surface area contributed by atoms with Gasteiger partial charge in [-0.25, -0.2) is 0 Å². The van der Waals surface area contributed by atoms with E-state index in [1.165, 1.54) is 11.8 Å². The van der Waals surface area contributed by atoms with Gasteiger partial charge in [-0.2, -0.15) is 0 Å². The highest BCUT2D eigenvalue weighted by molar-refractivity contribution is 8.01. The second-order valence-corrected chi connectivity index (χ2v) is 5.54. The van der Waals surface area contributed by atoms with Gasteiger partial charge in [0.05, 0.1) is 0 Å². The Morgan fingerprint density at radius 3 is 2.69 bits per heavy atom. The number of carbonyl (C=O) groups is 1. The molecule has 0 radical (unpaired) electrons. The molecule has 0 atom stereocenters. The van der Waals surface area contributed by atoms with Crippen molar-refractivity contribution in [3.63, 3.8) is 0 Å². The predicted molar refractivity (Wildman–Crippen MR) is 60.3 cm³/mol. The van der Waals surface area contributed by atoms with Crippen molar-refractivity contribution in [1.29, 1.82) is 0 Å². The second-order valence-electron chi connectivity index (χ2n) is 4.19. The maximum atomic E-state index is 11.4. The summed E-state index contributed by atoms with van der Waals surface area (Å²) < 4.78 is 1.07. The number of aliphatic carboxylic acids is 1. The molecule has 16 heavy (non-hydrogen) atoms. The van der Waals surface area contributed by atoms with E-state index in [1.54, 1.807) is 10.9 Å². The van der Waals surface area contributed by atoms with Crippen LogP contribution in [0.25, 0.3) is 0 Å². The van der Waals surface area contributed by atoms with Crippen LogP contribution < -0.4 is 0 Å². The number of thioether (sulfide) groups is 1. The molecule has 1 N–H and O–H groups in total. The van der Waals surface area contributed by atoms with Gasteiger partial charge in [-0.05, 0) is 12.8 Å². The van der Waals surface area contributed by atoms with Crippen LogP contribution in [0.1, 0.15) is 32.1 Å². The maximum Gasteiger partial charge on any atom is 0.320 e. The number of aryl methyl sites for hydroxylation is 1.